The molecular formula is C12H11NO. The van der Waals surface area contributed by atoms with Gasteiger partial charge < -0.3 is 5.73 Å². The summed E-state index contributed by atoms with van der Waals surface area (Å²) < 4.78 is 0. The van der Waals surface area contributed by atoms with Crippen molar-refractivity contribution in [2.45, 2.75) is 6.92 Å². The second kappa shape index (κ2) is 3.14. The summed E-state index contributed by atoms with van der Waals surface area (Å²) >= 11 is 0. The lowest BCUT2D eigenvalue weighted by molar-refractivity contribution is 0.101. The molecule has 0 atom stereocenters. The van der Waals surface area contributed by atoms with Crippen LogP contribution < -0.4 is 5.73 Å². The van der Waals surface area contributed by atoms with Gasteiger partial charge in [0.25, 0.3) is 0 Å². The zero-order chi connectivity index (χ0) is 10.1. The van der Waals surface area contributed by atoms with Crippen LogP contribution in [-0.4, -0.2) is 5.78 Å². The number of benzene rings is 2. The zero-order valence-electron chi connectivity index (χ0n) is 7.95. The van der Waals surface area contributed by atoms with Crippen molar-refractivity contribution in [1.29, 1.82) is 0 Å². The molecule has 0 saturated heterocycles. The van der Waals surface area contributed by atoms with E-state index in [1.54, 1.807) is 6.92 Å². The van der Waals surface area contributed by atoms with Crippen LogP contribution in [0, 0.1) is 0 Å². The van der Waals surface area contributed by atoms with Gasteiger partial charge in [-0.15, -0.1) is 0 Å². The summed E-state index contributed by atoms with van der Waals surface area (Å²) in [5.74, 6) is 0.0781. The molecule has 0 aromatic heterocycles. The summed E-state index contributed by atoms with van der Waals surface area (Å²) in [5, 5.41) is 2.11. The fourth-order valence-electron chi connectivity index (χ4n) is 1.48. The number of rotatable bonds is 1. The highest BCUT2D eigenvalue weighted by molar-refractivity contribution is 5.98. The van der Waals surface area contributed by atoms with E-state index in [-0.39, 0.29) is 5.78 Å². The van der Waals surface area contributed by atoms with Gasteiger partial charge in [-0.1, -0.05) is 18.2 Å². The van der Waals surface area contributed by atoms with E-state index in [1.807, 2.05) is 36.4 Å². The number of Topliss-reactive ketones (excluding diaryl/α,β-unsaturated/α-hetero) is 1. The first-order valence-electron chi connectivity index (χ1n) is 4.47. The summed E-state index contributed by atoms with van der Waals surface area (Å²) in [4.78, 5) is 11.1. The van der Waals surface area contributed by atoms with Gasteiger partial charge in [0.2, 0.25) is 0 Å². The van der Waals surface area contributed by atoms with Crippen molar-refractivity contribution in [3.63, 3.8) is 0 Å². The molecule has 0 heterocycles. The molecule has 14 heavy (non-hydrogen) atoms. The van der Waals surface area contributed by atoms with E-state index in [4.69, 9.17) is 5.73 Å². The van der Waals surface area contributed by atoms with Crippen LogP contribution in [0.4, 0.5) is 5.69 Å². The maximum Gasteiger partial charge on any atom is 0.159 e. The molecule has 0 unspecified atom stereocenters. The minimum atomic E-state index is 0.0781. The second-order valence-corrected chi connectivity index (χ2v) is 3.38. The molecule has 0 aliphatic heterocycles. The largest absolute Gasteiger partial charge is 0.399 e. The number of nitrogens with two attached hydrogens (primary N) is 1. The maximum absolute atomic E-state index is 11.1. The first-order valence-corrected chi connectivity index (χ1v) is 4.47. The van der Waals surface area contributed by atoms with Crippen molar-refractivity contribution >= 4 is 22.2 Å². The minimum absolute atomic E-state index is 0.0781. The van der Waals surface area contributed by atoms with Gasteiger partial charge in [-0.3, -0.25) is 4.79 Å². The monoisotopic (exact) mass is 185 g/mol. The van der Waals surface area contributed by atoms with Gasteiger partial charge in [-0.2, -0.15) is 0 Å². The summed E-state index contributed by atoms with van der Waals surface area (Å²) in [6.45, 7) is 1.56. The lowest BCUT2D eigenvalue weighted by Crippen LogP contribution is -1.91. The number of nitrogen functional groups attached to an aromatic ring is 1. The first kappa shape index (κ1) is 8.75. The zero-order valence-corrected chi connectivity index (χ0v) is 7.95. The number of carbonyl (C=O) groups is 1. The Morgan fingerprint density at radius 3 is 2.50 bits per heavy atom. The lowest BCUT2D eigenvalue weighted by Gasteiger charge is -2.01. The molecule has 2 aromatic carbocycles. The number of fused-ring (bicyclic) bond motifs is 1. The van der Waals surface area contributed by atoms with E-state index < -0.39 is 0 Å². The van der Waals surface area contributed by atoms with Crippen molar-refractivity contribution in [2.75, 3.05) is 5.73 Å². The third-order valence-corrected chi connectivity index (χ3v) is 2.27. The van der Waals surface area contributed by atoms with Crippen LogP contribution >= 0.6 is 0 Å². The molecule has 0 amide bonds. The van der Waals surface area contributed by atoms with E-state index >= 15 is 0 Å². The van der Waals surface area contributed by atoms with Gasteiger partial charge >= 0.3 is 0 Å². The van der Waals surface area contributed by atoms with Crippen molar-refractivity contribution in [1.82, 2.24) is 0 Å². The average Bonchev–Trinajstić information content (AvgIpc) is 2.16. The standard InChI is InChI=1S/C12H11NO/c1-8(14)10-3-2-9-4-5-12(13)7-11(9)6-10/h2-7H,13H2,1H3. The number of anilines is 1. The van der Waals surface area contributed by atoms with Crippen LogP contribution in [0.1, 0.15) is 17.3 Å². The van der Waals surface area contributed by atoms with Crippen molar-refractivity contribution in [3.05, 3.63) is 42.0 Å². The Balaban J connectivity index is 2.69. The van der Waals surface area contributed by atoms with E-state index in [1.165, 1.54) is 0 Å². The Hall–Kier alpha value is -1.83. The van der Waals surface area contributed by atoms with Gasteiger partial charge in [0.15, 0.2) is 5.78 Å². The molecule has 2 rings (SSSR count). The molecular weight excluding hydrogens is 174 g/mol. The molecule has 0 aliphatic rings. The molecule has 0 spiro atoms. The fourth-order valence-corrected chi connectivity index (χ4v) is 1.48. The molecule has 2 heteroatoms. The van der Waals surface area contributed by atoms with E-state index in [2.05, 4.69) is 0 Å². The number of carbonyl (C=O) groups excluding carboxylic acids is 1. The molecule has 2 nitrogen and oxygen atoms in total. The van der Waals surface area contributed by atoms with E-state index in [0.717, 1.165) is 22.0 Å². The minimum Gasteiger partial charge on any atom is -0.399 e. The predicted molar refractivity (Wildman–Crippen MR) is 58.4 cm³/mol. The normalized spacial score (nSPS) is 10.4. The lowest BCUT2D eigenvalue weighted by atomic mass is 10.0. The van der Waals surface area contributed by atoms with Crippen molar-refractivity contribution in [3.8, 4) is 0 Å². The summed E-state index contributed by atoms with van der Waals surface area (Å²) in [6, 6.07) is 11.3. The molecule has 70 valence electrons. The number of hydrogen-bond donors (Lipinski definition) is 1. The van der Waals surface area contributed by atoms with E-state index in [9.17, 15) is 4.79 Å². The molecule has 0 fully saturated rings. The van der Waals surface area contributed by atoms with Crippen LogP contribution in [0.5, 0.6) is 0 Å². The van der Waals surface area contributed by atoms with Gasteiger partial charge in [-0.05, 0) is 35.9 Å². The van der Waals surface area contributed by atoms with Crippen LogP contribution in [0.25, 0.3) is 10.8 Å². The van der Waals surface area contributed by atoms with Crippen LogP contribution in [0.2, 0.25) is 0 Å². The molecule has 2 aromatic rings. The van der Waals surface area contributed by atoms with Crippen molar-refractivity contribution < 1.29 is 4.79 Å². The summed E-state index contributed by atoms with van der Waals surface area (Å²) in [7, 11) is 0. The molecule has 0 saturated carbocycles. The third-order valence-electron chi connectivity index (χ3n) is 2.27. The summed E-state index contributed by atoms with van der Waals surface area (Å²) in [6.07, 6.45) is 0. The van der Waals surface area contributed by atoms with Gasteiger partial charge in [-0.25, -0.2) is 0 Å². The highest BCUT2D eigenvalue weighted by Crippen LogP contribution is 2.19. The Morgan fingerprint density at radius 1 is 1.07 bits per heavy atom. The van der Waals surface area contributed by atoms with E-state index in [0.29, 0.717) is 0 Å². The maximum atomic E-state index is 11.1. The SMILES string of the molecule is CC(=O)c1ccc2ccc(N)cc2c1. The number of ketones is 1. The number of hydrogen-bond acceptors (Lipinski definition) is 2. The topological polar surface area (TPSA) is 43.1 Å². The van der Waals surface area contributed by atoms with Crippen LogP contribution in [0.15, 0.2) is 36.4 Å². The Labute approximate surface area is 82.3 Å². The quantitative estimate of drug-likeness (QED) is 0.548. The first-order chi connectivity index (χ1) is 6.66. The third kappa shape index (κ3) is 1.46. The molecule has 0 radical (unpaired) electrons. The molecule has 0 bridgehead atoms. The Bertz CT molecular complexity index is 503. The van der Waals surface area contributed by atoms with Crippen LogP contribution in [-0.2, 0) is 0 Å². The smallest absolute Gasteiger partial charge is 0.159 e. The fraction of sp³-hybridized carbons (Fsp3) is 0.0833. The second-order valence-electron chi connectivity index (χ2n) is 3.38. The predicted octanol–water partition coefficient (Wildman–Crippen LogP) is 2.62. The molecule has 2 N–H and O–H groups in total. The van der Waals surface area contributed by atoms with Gasteiger partial charge in [0, 0.05) is 11.3 Å². The highest BCUT2D eigenvalue weighted by atomic mass is 16.1. The Kier molecular flexibility index (Phi) is 1.97. The Morgan fingerprint density at radius 2 is 1.79 bits per heavy atom. The average molecular weight is 185 g/mol. The molecule has 0 aliphatic carbocycles. The van der Waals surface area contributed by atoms with Gasteiger partial charge in [0.1, 0.15) is 0 Å². The summed E-state index contributed by atoms with van der Waals surface area (Å²) in [5.41, 5.74) is 7.11. The van der Waals surface area contributed by atoms with Crippen molar-refractivity contribution in [2.24, 2.45) is 0 Å². The van der Waals surface area contributed by atoms with Gasteiger partial charge in [0.05, 0.1) is 0 Å². The highest BCUT2D eigenvalue weighted by Gasteiger charge is 2.00. The van der Waals surface area contributed by atoms with Crippen LogP contribution in [0.3, 0.4) is 0 Å².